The number of hydrogen-bond donors (Lipinski definition) is 2. The van der Waals surface area contributed by atoms with Gasteiger partial charge in [0, 0.05) is 17.7 Å². The molecule has 0 aliphatic heterocycles. The molecule has 0 fully saturated rings. The molecule has 0 aliphatic carbocycles. The summed E-state index contributed by atoms with van der Waals surface area (Å²) < 4.78 is 0. The average Bonchev–Trinajstić information content (AvgIpc) is 2.45. The number of aromatic amines is 1. The Bertz CT molecular complexity index is 820. The maximum atomic E-state index is 12.1. The molecule has 0 saturated heterocycles. The Balaban J connectivity index is 2.26. The summed E-state index contributed by atoms with van der Waals surface area (Å²) in [4.78, 5) is 29.7. The predicted octanol–water partition coefficient (Wildman–Crippen LogP) is 2.88. The molecular weight excluding hydrogens is 292 g/mol. The van der Waals surface area contributed by atoms with Crippen molar-refractivity contribution in [1.82, 2.24) is 9.97 Å². The van der Waals surface area contributed by atoms with Crippen molar-refractivity contribution in [3.8, 4) is 0 Å². The Hall–Kier alpha value is -2.69. The van der Waals surface area contributed by atoms with Gasteiger partial charge >= 0.3 is 5.97 Å². The maximum Gasteiger partial charge on any atom is 0.303 e. The number of carbonyl (C=O) groups is 1. The minimum absolute atomic E-state index is 0.0800. The van der Waals surface area contributed by atoms with Gasteiger partial charge in [-0.1, -0.05) is 29.8 Å². The van der Waals surface area contributed by atoms with E-state index in [4.69, 9.17) is 5.11 Å². The van der Waals surface area contributed by atoms with Crippen LogP contribution in [0.25, 0.3) is 12.2 Å². The quantitative estimate of drug-likeness (QED) is 0.889. The van der Waals surface area contributed by atoms with Crippen LogP contribution in [0.4, 0.5) is 0 Å². The van der Waals surface area contributed by atoms with Crippen molar-refractivity contribution in [3.63, 3.8) is 0 Å². The minimum Gasteiger partial charge on any atom is -0.481 e. The van der Waals surface area contributed by atoms with Gasteiger partial charge in [-0.05, 0) is 44.4 Å². The highest BCUT2D eigenvalue weighted by atomic mass is 16.4. The third-order valence-electron chi connectivity index (χ3n) is 3.68. The molecule has 0 unspecified atom stereocenters. The summed E-state index contributed by atoms with van der Waals surface area (Å²) in [5, 5.41) is 8.72. The van der Waals surface area contributed by atoms with Gasteiger partial charge in [-0.15, -0.1) is 0 Å². The Kier molecular flexibility index (Phi) is 5.11. The zero-order chi connectivity index (χ0) is 17.0. The first-order valence-corrected chi connectivity index (χ1v) is 7.43. The Morgan fingerprint density at radius 3 is 2.61 bits per heavy atom. The van der Waals surface area contributed by atoms with Crippen LogP contribution in [0.2, 0.25) is 0 Å². The maximum absolute atomic E-state index is 12.1. The highest BCUT2D eigenvalue weighted by Crippen LogP contribution is 2.13. The fourth-order valence-electron chi connectivity index (χ4n) is 2.42. The van der Waals surface area contributed by atoms with Gasteiger partial charge in [0.15, 0.2) is 0 Å². The molecule has 1 aromatic heterocycles. The number of aromatic nitrogens is 2. The summed E-state index contributed by atoms with van der Waals surface area (Å²) in [6.07, 6.45) is 3.77. The fourth-order valence-corrected chi connectivity index (χ4v) is 2.42. The third-order valence-corrected chi connectivity index (χ3v) is 3.68. The fraction of sp³-hybridized carbons (Fsp3) is 0.278. The summed E-state index contributed by atoms with van der Waals surface area (Å²) in [5.74, 6) is -0.464. The molecule has 0 atom stereocenters. The van der Waals surface area contributed by atoms with Crippen molar-refractivity contribution in [2.75, 3.05) is 0 Å². The van der Waals surface area contributed by atoms with Crippen LogP contribution in [-0.2, 0) is 11.2 Å². The zero-order valence-corrected chi connectivity index (χ0v) is 13.5. The van der Waals surface area contributed by atoms with Crippen molar-refractivity contribution < 1.29 is 9.90 Å². The third kappa shape index (κ3) is 4.39. The second-order valence-electron chi connectivity index (χ2n) is 5.60. The van der Waals surface area contributed by atoms with E-state index in [9.17, 15) is 9.59 Å². The van der Waals surface area contributed by atoms with E-state index >= 15 is 0 Å². The molecule has 0 radical (unpaired) electrons. The lowest BCUT2D eigenvalue weighted by Crippen LogP contribution is -2.18. The summed E-state index contributed by atoms with van der Waals surface area (Å²) in [6.45, 7) is 5.79. The number of carboxylic acid groups (broad SMARTS) is 1. The van der Waals surface area contributed by atoms with E-state index < -0.39 is 5.97 Å². The number of carboxylic acids is 1. The molecule has 120 valence electrons. The van der Waals surface area contributed by atoms with E-state index in [-0.39, 0.29) is 18.4 Å². The number of aryl methyl sites for hydroxylation is 3. The van der Waals surface area contributed by atoms with Gasteiger partial charge in [-0.25, -0.2) is 4.98 Å². The molecule has 0 bridgehead atoms. The number of benzene rings is 1. The van der Waals surface area contributed by atoms with Crippen molar-refractivity contribution in [1.29, 1.82) is 0 Å². The second-order valence-corrected chi connectivity index (χ2v) is 5.60. The van der Waals surface area contributed by atoms with E-state index in [1.54, 1.807) is 13.0 Å². The first-order valence-electron chi connectivity index (χ1n) is 7.43. The molecule has 0 amide bonds. The van der Waals surface area contributed by atoms with E-state index in [1.807, 2.05) is 32.1 Å². The number of nitrogens with one attached hydrogen (secondary N) is 1. The summed E-state index contributed by atoms with van der Waals surface area (Å²) in [7, 11) is 0. The molecule has 0 aliphatic rings. The van der Waals surface area contributed by atoms with Gasteiger partial charge in [0.1, 0.15) is 5.82 Å². The molecule has 2 N–H and O–H groups in total. The number of hydrogen-bond acceptors (Lipinski definition) is 3. The van der Waals surface area contributed by atoms with E-state index in [0.717, 1.165) is 11.1 Å². The topological polar surface area (TPSA) is 83.0 Å². The molecule has 0 spiro atoms. The summed E-state index contributed by atoms with van der Waals surface area (Å²) in [6, 6.07) is 6.15. The lowest BCUT2D eigenvalue weighted by Gasteiger charge is -2.04. The Labute approximate surface area is 134 Å². The first-order chi connectivity index (χ1) is 10.9. The van der Waals surface area contributed by atoms with Crippen LogP contribution < -0.4 is 5.56 Å². The number of rotatable bonds is 5. The Morgan fingerprint density at radius 2 is 2.00 bits per heavy atom. The van der Waals surface area contributed by atoms with Crippen molar-refractivity contribution >= 4 is 18.1 Å². The monoisotopic (exact) mass is 312 g/mol. The lowest BCUT2D eigenvalue weighted by atomic mass is 10.1. The van der Waals surface area contributed by atoms with Gasteiger partial charge in [-0.3, -0.25) is 9.59 Å². The second kappa shape index (κ2) is 7.05. The minimum atomic E-state index is -0.928. The average molecular weight is 312 g/mol. The molecule has 1 heterocycles. The predicted molar refractivity (Wildman–Crippen MR) is 90.4 cm³/mol. The van der Waals surface area contributed by atoms with Crippen LogP contribution in [-0.4, -0.2) is 21.0 Å². The summed E-state index contributed by atoms with van der Waals surface area (Å²) >= 11 is 0. The molecule has 1 aromatic carbocycles. The molecule has 5 heteroatoms. The van der Waals surface area contributed by atoms with Crippen LogP contribution in [0.5, 0.6) is 0 Å². The van der Waals surface area contributed by atoms with Crippen LogP contribution in [0.15, 0.2) is 23.0 Å². The lowest BCUT2D eigenvalue weighted by molar-refractivity contribution is -0.136. The smallest absolute Gasteiger partial charge is 0.303 e. The molecular formula is C18H20N2O3. The molecule has 5 nitrogen and oxygen atoms in total. The van der Waals surface area contributed by atoms with Crippen molar-refractivity contribution in [2.45, 2.75) is 33.6 Å². The van der Waals surface area contributed by atoms with Gasteiger partial charge in [-0.2, -0.15) is 0 Å². The van der Waals surface area contributed by atoms with Crippen LogP contribution in [0.1, 0.15) is 40.2 Å². The van der Waals surface area contributed by atoms with Gasteiger partial charge < -0.3 is 10.1 Å². The first kappa shape index (κ1) is 16.7. The van der Waals surface area contributed by atoms with Gasteiger partial charge in [0.05, 0.1) is 0 Å². The van der Waals surface area contributed by atoms with Crippen molar-refractivity contribution in [2.24, 2.45) is 0 Å². The van der Waals surface area contributed by atoms with Crippen LogP contribution in [0, 0.1) is 20.8 Å². The highest BCUT2D eigenvalue weighted by Gasteiger charge is 2.09. The molecule has 2 aromatic rings. The Morgan fingerprint density at radius 1 is 1.26 bits per heavy atom. The zero-order valence-electron chi connectivity index (χ0n) is 13.5. The molecule has 2 rings (SSSR count). The molecule has 0 saturated carbocycles. The van der Waals surface area contributed by atoms with Gasteiger partial charge in [0.25, 0.3) is 5.56 Å². The standard InChI is InChI=1S/C18H20N2O3/c1-11-4-5-14(12(2)10-11)6-8-16-19-13(3)15(18(23)20-16)7-9-17(21)22/h4-6,8,10H,7,9H2,1-3H3,(H,21,22)(H,19,20,23)/b8-6+. The van der Waals surface area contributed by atoms with E-state index in [0.29, 0.717) is 17.1 Å². The van der Waals surface area contributed by atoms with Crippen LogP contribution >= 0.6 is 0 Å². The van der Waals surface area contributed by atoms with E-state index in [1.165, 1.54) is 5.56 Å². The number of aliphatic carboxylic acids is 1. The van der Waals surface area contributed by atoms with Crippen molar-refractivity contribution in [3.05, 3.63) is 62.3 Å². The molecule has 23 heavy (non-hydrogen) atoms. The SMILES string of the molecule is Cc1ccc(/C=C/c2nc(C)c(CCC(=O)O)c(=O)[nH]2)c(C)c1. The van der Waals surface area contributed by atoms with E-state index in [2.05, 4.69) is 16.0 Å². The van der Waals surface area contributed by atoms with Gasteiger partial charge in [0.2, 0.25) is 0 Å². The normalized spacial score (nSPS) is 11.1. The highest BCUT2D eigenvalue weighted by molar-refractivity contribution is 5.69. The summed E-state index contributed by atoms with van der Waals surface area (Å²) in [5.41, 5.74) is 4.12. The number of H-pyrrole nitrogens is 1. The van der Waals surface area contributed by atoms with Crippen LogP contribution in [0.3, 0.4) is 0 Å². The number of nitrogens with zero attached hydrogens (tertiary/aromatic N) is 1. The largest absolute Gasteiger partial charge is 0.481 e.